The van der Waals surface area contributed by atoms with E-state index in [1.54, 1.807) is 12.1 Å². The van der Waals surface area contributed by atoms with Crippen molar-refractivity contribution < 1.29 is 20.5 Å². The molecular weight excluding hydrogens is 354 g/mol. The zero-order chi connectivity index (χ0) is 20.6. The molecule has 28 heavy (non-hydrogen) atoms. The Morgan fingerprint density at radius 3 is 2.29 bits per heavy atom. The van der Waals surface area contributed by atoms with Crippen LogP contribution in [-0.4, -0.2) is 44.7 Å². The minimum absolute atomic E-state index is 0. The highest BCUT2D eigenvalue weighted by Gasteiger charge is 2.22. The van der Waals surface area contributed by atoms with E-state index in [9.17, 15) is 9.59 Å². The van der Waals surface area contributed by atoms with Gasteiger partial charge in [0.15, 0.2) is 0 Å². The molecule has 1 aliphatic carbocycles. The molecular formula is C23H39NO4. The number of carbonyl (C=O) groups is 2. The Labute approximate surface area is 171 Å². The number of benzene rings is 1. The zero-order valence-electron chi connectivity index (χ0n) is 17.7. The summed E-state index contributed by atoms with van der Waals surface area (Å²) in [4.78, 5) is 23.1. The van der Waals surface area contributed by atoms with Gasteiger partial charge in [-0.2, -0.15) is 0 Å². The highest BCUT2D eigenvalue weighted by molar-refractivity contribution is 5.94. The zero-order valence-corrected chi connectivity index (χ0v) is 17.7. The smallest absolute Gasteiger partial charge is 0.251 e. The second kappa shape index (κ2) is 15.2. The van der Waals surface area contributed by atoms with Gasteiger partial charge in [-0.15, -0.1) is 0 Å². The van der Waals surface area contributed by atoms with Crippen LogP contribution in [-0.2, 0) is 14.3 Å². The summed E-state index contributed by atoms with van der Waals surface area (Å²) in [6, 6.07) is 9.13. The molecule has 0 radical (unpaired) electrons. The summed E-state index contributed by atoms with van der Waals surface area (Å²) >= 11 is 0. The van der Waals surface area contributed by atoms with Gasteiger partial charge in [-0.3, -0.25) is 9.59 Å². The van der Waals surface area contributed by atoms with Crippen molar-refractivity contribution in [1.29, 1.82) is 0 Å². The number of rotatable bonds is 10. The van der Waals surface area contributed by atoms with Gasteiger partial charge < -0.3 is 14.8 Å². The number of ether oxygens (including phenoxy) is 2. The first kappa shape index (κ1) is 24.3. The van der Waals surface area contributed by atoms with Crippen molar-refractivity contribution in [3.05, 3.63) is 35.9 Å². The van der Waals surface area contributed by atoms with Crippen LogP contribution in [0.3, 0.4) is 0 Å². The number of amides is 1. The highest BCUT2D eigenvalue weighted by atomic mass is 16.5. The van der Waals surface area contributed by atoms with Crippen LogP contribution in [0, 0.1) is 11.8 Å². The summed E-state index contributed by atoms with van der Waals surface area (Å²) in [5, 5.41) is 2.79. The van der Waals surface area contributed by atoms with Crippen molar-refractivity contribution >= 4 is 11.7 Å². The van der Waals surface area contributed by atoms with Gasteiger partial charge in [-0.1, -0.05) is 51.3 Å². The SMILES string of the molecule is CC(C)C(=O)C1CCCCC1.CCOCCOCCNC(=O)c1ccccc1.[HH]. The summed E-state index contributed by atoms with van der Waals surface area (Å²) < 4.78 is 10.4. The monoisotopic (exact) mass is 393 g/mol. The summed E-state index contributed by atoms with van der Waals surface area (Å²) in [7, 11) is 0. The Kier molecular flexibility index (Phi) is 13.2. The van der Waals surface area contributed by atoms with E-state index in [2.05, 4.69) is 5.32 Å². The second-order valence-electron chi connectivity index (χ2n) is 7.32. The van der Waals surface area contributed by atoms with Gasteiger partial charge in [0.25, 0.3) is 5.91 Å². The Bertz CT molecular complexity index is 545. The predicted molar refractivity (Wildman–Crippen MR) is 115 cm³/mol. The lowest BCUT2D eigenvalue weighted by atomic mass is 9.83. The lowest BCUT2D eigenvalue weighted by Crippen LogP contribution is -2.27. The molecule has 1 aromatic rings. The van der Waals surface area contributed by atoms with Gasteiger partial charge in [0.05, 0.1) is 19.8 Å². The molecule has 1 N–H and O–H groups in total. The molecule has 5 heteroatoms. The fourth-order valence-electron chi connectivity index (χ4n) is 3.15. The molecule has 1 aromatic carbocycles. The third kappa shape index (κ3) is 10.6. The summed E-state index contributed by atoms with van der Waals surface area (Å²) in [5.41, 5.74) is 0.668. The molecule has 5 nitrogen and oxygen atoms in total. The Morgan fingerprint density at radius 2 is 1.68 bits per heavy atom. The normalized spacial score (nSPS) is 14.3. The lowest BCUT2D eigenvalue weighted by Gasteiger charge is -2.21. The number of nitrogens with one attached hydrogen (secondary N) is 1. The van der Waals surface area contributed by atoms with Gasteiger partial charge in [0.1, 0.15) is 5.78 Å². The number of hydrogen-bond donors (Lipinski definition) is 1. The van der Waals surface area contributed by atoms with Crippen molar-refractivity contribution in [1.82, 2.24) is 5.32 Å². The largest absolute Gasteiger partial charge is 0.379 e. The van der Waals surface area contributed by atoms with E-state index >= 15 is 0 Å². The molecule has 2 rings (SSSR count). The number of carbonyl (C=O) groups excluding carboxylic acids is 2. The lowest BCUT2D eigenvalue weighted by molar-refractivity contribution is -0.126. The molecule has 0 bridgehead atoms. The second-order valence-corrected chi connectivity index (χ2v) is 7.32. The molecule has 0 aliphatic heterocycles. The van der Waals surface area contributed by atoms with Gasteiger partial charge >= 0.3 is 0 Å². The number of ketones is 1. The van der Waals surface area contributed by atoms with Crippen molar-refractivity contribution in [3.63, 3.8) is 0 Å². The molecule has 0 spiro atoms. The quantitative estimate of drug-likeness (QED) is 0.594. The molecule has 0 heterocycles. The fourth-order valence-corrected chi connectivity index (χ4v) is 3.15. The summed E-state index contributed by atoms with van der Waals surface area (Å²) in [5.74, 6) is 1.07. The van der Waals surface area contributed by atoms with Crippen LogP contribution < -0.4 is 5.32 Å². The van der Waals surface area contributed by atoms with E-state index in [1.165, 1.54) is 19.3 Å². The average Bonchev–Trinajstić information content (AvgIpc) is 2.74. The molecule has 1 aliphatic rings. The van der Waals surface area contributed by atoms with Crippen LogP contribution in [0.5, 0.6) is 0 Å². The Morgan fingerprint density at radius 1 is 1.04 bits per heavy atom. The average molecular weight is 394 g/mol. The molecule has 0 unspecified atom stereocenters. The van der Waals surface area contributed by atoms with E-state index < -0.39 is 0 Å². The molecule has 0 atom stereocenters. The summed E-state index contributed by atoms with van der Waals surface area (Å²) in [6.45, 7) is 8.85. The van der Waals surface area contributed by atoms with Gasteiger partial charge in [0, 0.05) is 32.0 Å². The Hall–Kier alpha value is -1.72. The van der Waals surface area contributed by atoms with Gasteiger partial charge in [-0.25, -0.2) is 0 Å². The van der Waals surface area contributed by atoms with Crippen molar-refractivity contribution in [3.8, 4) is 0 Å². The van der Waals surface area contributed by atoms with Crippen LogP contribution in [0.1, 0.15) is 64.7 Å². The summed E-state index contributed by atoms with van der Waals surface area (Å²) in [6.07, 6.45) is 6.17. The molecule has 0 aromatic heterocycles. The van der Waals surface area contributed by atoms with E-state index in [0.29, 0.717) is 50.2 Å². The Balaban J connectivity index is 0.000000568. The van der Waals surface area contributed by atoms with E-state index in [0.717, 1.165) is 12.8 Å². The third-order valence-corrected chi connectivity index (χ3v) is 4.72. The number of hydrogen-bond acceptors (Lipinski definition) is 4. The topological polar surface area (TPSA) is 64.6 Å². The molecule has 160 valence electrons. The minimum atomic E-state index is -0.0704. The molecule has 0 saturated heterocycles. The minimum Gasteiger partial charge on any atom is -0.379 e. The van der Waals surface area contributed by atoms with Crippen molar-refractivity contribution in [2.45, 2.75) is 52.9 Å². The van der Waals surface area contributed by atoms with Crippen LogP contribution in [0.25, 0.3) is 0 Å². The molecule has 1 amide bonds. The number of Topliss-reactive ketones (excluding diaryl/α,β-unsaturated/α-hetero) is 1. The molecule has 1 saturated carbocycles. The highest BCUT2D eigenvalue weighted by Crippen LogP contribution is 2.26. The maximum Gasteiger partial charge on any atom is 0.251 e. The maximum atomic E-state index is 11.6. The van der Waals surface area contributed by atoms with Crippen LogP contribution >= 0.6 is 0 Å². The van der Waals surface area contributed by atoms with Gasteiger partial charge in [-0.05, 0) is 31.9 Å². The first-order valence-corrected chi connectivity index (χ1v) is 10.6. The maximum absolute atomic E-state index is 11.6. The van der Waals surface area contributed by atoms with Crippen LogP contribution in [0.2, 0.25) is 0 Å². The standard InChI is InChI=1S/C13H19NO3.C10H18O.H2/c1-2-16-10-11-17-9-8-14-13(15)12-6-4-3-5-7-12;1-8(2)10(11)9-6-4-3-5-7-9;/h3-7H,2,8-11H2,1H3,(H,14,15);8-9H,3-7H2,1-2H3;1H. The van der Waals surface area contributed by atoms with E-state index in [4.69, 9.17) is 9.47 Å². The van der Waals surface area contributed by atoms with Crippen molar-refractivity contribution in [2.24, 2.45) is 11.8 Å². The first-order chi connectivity index (χ1) is 13.6. The molecule has 1 fully saturated rings. The van der Waals surface area contributed by atoms with Crippen LogP contribution in [0.4, 0.5) is 0 Å². The van der Waals surface area contributed by atoms with Gasteiger partial charge in [0.2, 0.25) is 0 Å². The van der Waals surface area contributed by atoms with Crippen LogP contribution in [0.15, 0.2) is 30.3 Å². The third-order valence-electron chi connectivity index (χ3n) is 4.72. The van der Waals surface area contributed by atoms with E-state index in [-0.39, 0.29) is 13.3 Å². The fraction of sp³-hybridized carbons (Fsp3) is 0.652. The van der Waals surface area contributed by atoms with Crippen molar-refractivity contribution in [2.75, 3.05) is 33.0 Å². The van der Waals surface area contributed by atoms with E-state index in [1.807, 2.05) is 39.0 Å². The first-order valence-electron chi connectivity index (χ1n) is 10.6. The predicted octanol–water partition coefficient (Wildman–Crippen LogP) is 4.51.